The second kappa shape index (κ2) is 6.51. The van der Waals surface area contributed by atoms with Gasteiger partial charge in [0.25, 0.3) is 0 Å². The van der Waals surface area contributed by atoms with Crippen LogP contribution in [0.15, 0.2) is 30.3 Å². The van der Waals surface area contributed by atoms with Gasteiger partial charge in [0.05, 0.1) is 12.9 Å². The van der Waals surface area contributed by atoms with Gasteiger partial charge in [-0.2, -0.15) is 0 Å². The molecular formula is C12H17NO4S. The van der Waals surface area contributed by atoms with Crippen LogP contribution in [0, 0.1) is 0 Å². The third kappa shape index (κ3) is 4.85. The largest absolute Gasteiger partial charge is 0.468 e. The van der Waals surface area contributed by atoms with Gasteiger partial charge >= 0.3 is 5.97 Å². The molecule has 1 N–H and O–H groups in total. The van der Waals surface area contributed by atoms with E-state index >= 15 is 0 Å². The van der Waals surface area contributed by atoms with Gasteiger partial charge in [0.2, 0.25) is 10.0 Å². The van der Waals surface area contributed by atoms with Crippen LogP contribution >= 0.6 is 0 Å². The van der Waals surface area contributed by atoms with Crippen LogP contribution in [0.25, 0.3) is 0 Å². The van der Waals surface area contributed by atoms with Crippen molar-refractivity contribution in [2.75, 3.05) is 19.4 Å². The number of carbonyl (C=O) groups excluding carboxylic acids is 1. The zero-order chi connectivity index (χ0) is 13.6. The van der Waals surface area contributed by atoms with Crippen molar-refractivity contribution in [2.24, 2.45) is 0 Å². The fourth-order valence-electron chi connectivity index (χ4n) is 1.51. The van der Waals surface area contributed by atoms with Crippen LogP contribution in [0.4, 0.5) is 0 Å². The van der Waals surface area contributed by atoms with E-state index in [4.69, 9.17) is 0 Å². The maximum Gasteiger partial charge on any atom is 0.320 e. The van der Waals surface area contributed by atoms with Crippen LogP contribution in [0.5, 0.6) is 0 Å². The second-order valence-electron chi connectivity index (χ2n) is 3.99. The van der Waals surface area contributed by atoms with Crippen molar-refractivity contribution < 1.29 is 17.9 Å². The Labute approximate surface area is 107 Å². The van der Waals surface area contributed by atoms with Crippen molar-refractivity contribution in [1.29, 1.82) is 0 Å². The van der Waals surface area contributed by atoms with Gasteiger partial charge in [0.15, 0.2) is 0 Å². The first-order valence-electron chi connectivity index (χ1n) is 5.53. The maximum absolute atomic E-state index is 11.7. The first-order chi connectivity index (χ1) is 8.44. The molecule has 0 spiro atoms. The van der Waals surface area contributed by atoms with E-state index in [1.165, 1.54) is 7.11 Å². The SMILES string of the molecule is COC(=O)CNS(=O)(=O)CC(C)c1ccccc1. The Hall–Kier alpha value is -1.40. The quantitative estimate of drug-likeness (QED) is 0.780. The number of benzene rings is 1. The van der Waals surface area contributed by atoms with Crippen molar-refractivity contribution in [1.82, 2.24) is 4.72 Å². The predicted molar refractivity (Wildman–Crippen MR) is 68.7 cm³/mol. The summed E-state index contributed by atoms with van der Waals surface area (Å²) in [5.41, 5.74) is 0.945. The first-order valence-corrected chi connectivity index (χ1v) is 7.19. The lowest BCUT2D eigenvalue weighted by Gasteiger charge is -2.12. The number of esters is 1. The monoisotopic (exact) mass is 271 g/mol. The molecule has 0 saturated heterocycles. The van der Waals surface area contributed by atoms with Gasteiger partial charge in [-0.05, 0) is 11.5 Å². The number of nitrogens with one attached hydrogen (secondary N) is 1. The van der Waals surface area contributed by atoms with Crippen molar-refractivity contribution in [3.8, 4) is 0 Å². The summed E-state index contributed by atoms with van der Waals surface area (Å²) in [6.45, 7) is 1.49. The van der Waals surface area contributed by atoms with E-state index in [0.29, 0.717) is 0 Å². The van der Waals surface area contributed by atoms with E-state index in [1.807, 2.05) is 37.3 Å². The lowest BCUT2D eigenvalue weighted by molar-refractivity contribution is -0.139. The Balaban J connectivity index is 2.58. The standard InChI is InChI=1S/C12H17NO4S/c1-10(11-6-4-3-5-7-11)9-18(15,16)13-8-12(14)17-2/h3-7,10,13H,8-9H2,1-2H3. The molecule has 0 aromatic heterocycles. The van der Waals surface area contributed by atoms with Crippen LogP contribution in [-0.4, -0.2) is 33.8 Å². The number of hydrogen-bond donors (Lipinski definition) is 1. The Morgan fingerprint density at radius 1 is 1.33 bits per heavy atom. The van der Waals surface area contributed by atoms with Gasteiger partial charge in [-0.15, -0.1) is 0 Å². The molecule has 5 nitrogen and oxygen atoms in total. The fraction of sp³-hybridized carbons (Fsp3) is 0.417. The molecule has 100 valence electrons. The van der Waals surface area contributed by atoms with Crippen molar-refractivity contribution in [2.45, 2.75) is 12.8 Å². The van der Waals surface area contributed by atoms with Crippen LogP contribution in [0.2, 0.25) is 0 Å². The molecule has 6 heteroatoms. The van der Waals surface area contributed by atoms with E-state index in [-0.39, 0.29) is 18.2 Å². The molecule has 0 aliphatic heterocycles. The van der Waals surface area contributed by atoms with Crippen LogP contribution < -0.4 is 4.72 Å². The van der Waals surface area contributed by atoms with Crippen molar-refractivity contribution >= 4 is 16.0 Å². The average Bonchev–Trinajstić information content (AvgIpc) is 2.36. The molecule has 1 aromatic rings. The number of carbonyl (C=O) groups is 1. The summed E-state index contributed by atoms with van der Waals surface area (Å²) < 4.78 is 30.0. The first kappa shape index (κ1) is 14.7. The van der Waals surface area contributed by atoms with Crippen LogP contribution in [-0.2, 0) is 19.6 Å². The number of methoxy groups -OCH3 is 1. The third-order valence-electron chi connectivity index (χ3n) is 2.50. The summed E-state index contributed by atoms with van der Waals surface area (Å²) in [6.07, 6.45) is 0. The van der Waals surface area contributed by atoms with E-state index in [0.717, 1.165) is 5.56 Å². The van der Waals surface area contributed by atoms with E-state index in [9.17, 15) is 13.2 Å². The smallest absolute Gasteiger partial charge is 0.320 e. The normalized spacial score (nSPS) is 13.0. The highest BCUT2D eigenvalue weighted by molar-refractivity contribution is 7.89. The summed E-state index contributed by atoms with van der Waals surface area (Å²) in [5.74, 6) is -0.805. The zero-order valence-corrected chi connectivity index (χ0v) is 11.2. The topological polar surface area (TPSA) is 72.5 Å². The van der Waals surface area contributed by atoms with E-state index in [1.54, 1.807) is 0 Å². The molecule has 0 radical (unpaired) electrons. The zero-order valence-electron chi connectivity index (χ0n) is 10.4. The number of rotatable bonds is 6. The fourth-order valence-corrected chi connectivity index (χ4v) is 2.81. The molecule has 0 aliphatic carbocycles. The molecule has 0 bridgehead atoms. The maximum atomic E-state index is 11.7. The molecular weight excluding hydrogens is 254 g/mol. The van der Waals surface area contributed by atoms with Crippen LogP contribution in [0.3, 0.4) is 0 Å². The van der Waals surface area contributed by atoms with Crippen LogP contribution in [0.1, 0.15) is 18.4 Å². The Bertz CT molecular complexity index is 484. The minimum atomic E-state index is -3.48. The number of sulfonamides is 1. The summed E-state index contributed by atoms with van der Waals surface area (Å²) in [4.78, 5) is 10.9. The van der Waals surface area contributed by atoms with Crippen molar-refractivity contribution in [3.63, 3.8) is 0 Å². The van der Waals surface area contributed by atoms with Gasteiger partial charge in [-0.1, -0.05) is 37.3 Å². The van der Waals surface area contributed by atoms with Gasteiger partial charge in [-0.25, -0.2) is 13.1 Å². The average molecular weight is 271 g/mol. The Morgan fingerprint density at radius 3 is 2.50 bits per heavy atom. The molecule has 18 heavy (non-hydrogen) atoms. The third-order valence-corrected chi connectivity index (χ3v) is 4.03. The highest BCUT2D eigenvalue weighted by Gasteiger charge is 2.17. The lowest BCUT2D eigenvalue weighted by Crippen LogP contribution is -2.33. The molecule has 0 saturated carbocycles. The van der Waals surface area contributed by atoms with Gasteiger partial charge in [0, 0.05) is 0 Å². The van der Waals surface area contributed by atoms with Crippen molar-refractivity contribution in [3.05, 3.63) is 35.9 Å². The summed E-state index contributed by atoms with van der Waals surface area (Å²) in [7, 11) is -2.27. The van der Waals surface area contributed by atoms with Gasteiger partial charge in [-0.3, -0.25) is 4.79 Å². The molecule has 1 aromatic carbocycles. The molecule has 1 unspecified atom stereocenters. The Morgan fingerprint density at radius 2 is 1.94 bits per heavy atom. The summed E-state index contributed by atoms with van der Waals surface area (Å²) in [6, 6.07) is 9.35. The predicted octanol–water partition coefficient (Wildman–Crippen LogP) is 0.882. The minimum Gasteiger partial charge on any atom is -0.468 e. The van der Waals surface area contributed by atoms with Gasteiger partial charge in [0.1, 0.15) is 6.54 Å². The molecule has 0 heterocycles. The van der Waals surface area contributed by atoms with E-state index in [2.05, 4.69) is 9.46 Å². The molecule has 0 aliphatic rings. The number of ether oxygens (including phenoxy) is 1. The Kier molecular flexibility index (Phi) is 5.30. The van der Waals surface area contributed by atoms with E-state index < -0.39 is 16.0 Å². The minimum absolute atomic E-state index is 0.0615. The molecule has 1 atom stereocenters. The highest BCUT2D eigenvalue weighted by Crippen LogP contribution is 2.15. The highest BCUT2D eigenvalue weighted by atomic mass is 32.2. The molecule has 0 fully saturated rings. The molecule has 1 rings (SSSR count). The number of hydrogen-bond acceptors (Lipinski definition) is 4. The summed E-state index contributed by atoms with van der Waals surface area (Å²) >= 11 is 0. The second-order valence-corrected chi connectivity index (χ2v) is 5.84. The van der Waals surface area contributed by atoms with Gasteiger partial charge < -0.3 is 4.74 Å². The lowest BCUT2D eigenvalue weighted by atomic mass is 10.0. The molecule has 0 amide bonds. The summed E-state index contributed by atoms with van der Waals surface area (Å²) in [5, 5.41) is 0.